The SMILES string of the molecule is CN1CCC(CNc2ccc([N+](=O)[O-])cc2[N+](=O)[O-])CC1. The van der Waals surface area contributed by atoms with Gasteiger partial charge in [0, 0.05) is 12.6 Å². The third kappa shape index (κ3) is 3.88. The molecule has 1 aromatic carbocycles. The normalized spacial score (nSPS) is 16.6. The van der Waals surface area contributed by atoms with Crippen molar-refractivity contribution in [2.45, 2.75) is 12.8 Å². The number of hydrogen-bond acceptors (Lipinski definition) is 6. The topological polar surface area (TPSA) is 102 Å². The molecule has 21 heavy (non-hydrogen) atoms. The Hall–Kier alpha value is -2.22. The number of nitrogens with zero attached hydrogens (tertiary/aromatic N) is 3. The Kier molecular flexibility index (Phi) is 4.69. The smallest absolute Gasteiger partial charge is 0.299 e. The fraction of sp³-hybridized carbons (Fsp3) is 0.538. The summed E-state index contributed by atoms with van der Waals surface area (Å²) in [4.78, 5) is 22.7. The molecule has 0 bridgehead atoms. The second-order valence-electron chi connectivity index (χ2n) is 5.34. The zero-order chi connectivity index (χ0) is 15.4. The molecule has 1 aliphatic heterocycles. The number of rotatable bonds is 5. The van der Waals surface area contributed by atoms with Gasteiger partial charge in [-0.2, -0.15) is 0 Å². The highest BCUT2D eigenvalue weighted by Gasteiger charge is 2.21. The average molecular weight is 294 g/mol. The first kappa shape index (κ1) is 15.2. The first-order valence-corrected chi connectivity index (χ1v) is 6.82. The van der Waals surface area contributed by atoms with Gasteiger partial charge in [0.25, 0.3) is 11.4 Å². The van der Waals surface area contributed by atoms with Crippen molar-refractivity contribution in [3.63, 3.8) is 0 Å². The van der Waals surface area contributed by atoms with Gasteiger partial charge in [0.15, 0.2) is 0 Å². The van der Waals surface area contributed by atoms with Gasteiger partial charge < -0.3 is 10.2 Å². The summed E-state index contributed by atoms with van der Waals surface area (Å²) in [6.45, 7) is 2.69. The summed E-state index contributed by atoms with van der Waals surface area (Å²) in [6.07, 6.45) is 2.09. The van der Waals surface area contributed by atoms with Crippen LogP contribution < -0.4 is 5.32 Å². The lowest BCUT2D eigenvalue weighted by molar-refractivity contribution is -0.393. The van der Waals surface area contributed by atoms with E-state index < -0.39 is 9.85 Å². The molecule has 0 radical (unpaired) electrons. The molecular formula is C13H18N4O4. The number of non-ortho nitro benzene ring substituents is 1. The highest BCUT2D eigenvalue weighted by Crippen LogP contribution is 2.29. The van der Waals surface area contributed by atoms with Crippen LogP contribution in [0.1, 0.15) is 12.8 Å². The van der Waals surface area contributed by atoms with Crippen molar-refractivity contribution in [3.05, 3.63) is 38.4 Å². The molecule has 114 valence electrons. The number of nitro groups is 2. The van der Waals surface area contributed by atoms with Crippen LogP contribution in [0.25, 0.3) is 0 Å². The molecule has 1 saturated heterocycles. The van der Waals surface area contributed by atoms with Crippen molar-refractivity contribution >= 4 is 17.1 Å². The van der Waals surface area contributed by atoms with Crippen molar-refractivity contribution in [3.8, 4) is 0 Å². The predicted octanol–water partition coefficient (Wildman–Crippen LogP) is 2.26. The third-order valence-electron chi connectivity index (χ3n) is 3.81. The lowest BCUT2D eigenvalue weighted by Crippen LogP contribution is -2.33. The monoisotopic (exact) mass is 294 g/mol. The summed E-state index contributed by atoms with van der Waals surface area (Å²) in [5.41, 5.74) is -0.187. The van der Waals surface area contributed by atoms with Crippen LogP contribution in [0.2, 0.25) is 0 Å². The second kappa shape index (κ2) is 6.49. The van der Waals surface area contributed by atoms with Crippen molar-refractivity contribution in [1.82, 2.24) is 4.90 Å². The van der Waals surface area contributed by atoms with Gasteiger partial charge in [0.05, 0.1) is 15.9 Å². The van der Waals surface area contributed by atoms with Gasteiger partial charge in [-0.1, -0.05) is 0 Å². The molecule has 1 aliphatic rings. The fourth-order valence-corrected chi connectivity index (χ4v) is 2.45. The number of piperidine rings is 1. The van der Waals surface area contributed by atoms with Crippen LogP contribution in [-0.2, 0) is 0 Å². The van der Waals surface area contributed by atoms with E-state index in [0.717, 1.165) is 32.0 Å². The van der Waals surface area contributed by atoms with E-state index >= 15 is 0 Å². The molecule has 0 aliphatic carbocycles. The molecule has 1 N–H and O–H groups in total. The number of hydrogen-bond donors (Lipinski definition) is 1. The zero-order valence-electron chi connectivity index (χ0n) is 11.8. The maximum Gasteiger partial charge on any atom is 0.299 e. The lowest BCUT2D eigenvalue weighted by atomic mass is 9.97. The standard InChI is InChI=1S/C13H18N4O4/c1-15-6-4-10(5-7-15)9-14-12-3-2-11(16(18)19)8-13(12)17(20)21/h2-3,8,10,14H,4-7,9H2,1H3. The van der Waals surface area contributed by atoms with E-state index in [4.69, 9.17) is 0 Å². The number of nitrogens with one attached hydrogen (secondary N) is 1. The summed E-state index contributed by atoms with van der Waals surface area (Å²) in [7, 11) is 2.07. The summed E-state index contributed by atoms with van der Waals surface area (Å²) in [5, 5.41) is 24.8. The van der Waals surface area contributed by atoms with Crippen LogP contribution >= 0.6 is 0 Å². The fourth-order valence-electron chi connectivity index (χ4n) is 2.45. The minimum Gasteiger partial charge on any atom is -0.379 e. The first-order chi connectivity index (χ1) is 9.97. The minimum atomic E-state index is -0.631. The molecular weight excluding hydrogens is 276 g/mol. The van der Waals surface area contributed by atoms with Crippen LogP contribution in [0, 0.1) is 26.1 Å². The van der Waals surface area contributed by atoms with Crippen LogP contribution in [0.15, 0.2) is 18.2 Å². The number of benzene rings is 1. The summed E-state index contributed by atoms with van der Waals surface area (Å²) >= 11 is 0. The molecule has 1 aromatic rings. The zero-order valence-corrected chi connectivity index (χ0v) is 11.8. The number of nitro benzene ring substituents is 2. The Balaban J connectivity index is 2.05. The molecule has 1 heterocycles. The number of likely N-dealkylation sites (tertiary alicyclic amines) is 1. The molecule has 2 rings (SSSR count). The maximum atomic E-state index is 11.0. The third-order valence-corrected chi connectivity index (χ3v) is 3.81. The first-order valence-electron chi connectivity index (χ1n) is 6.82. The van der Waals surface area contributed by atoms with Gasteiger partial charge in [-0.3, -0.25) is 20.2 Å². The largest absolute Gasteiger partial charge is 0.379 e. The maximum absolute atomic E-state index is 11.0. The summed E-state index contributed by atoms with van der Waals surface area (Å²) in [5.74, 6) is 0.469. The van der Waals surface area contributed by atoms with E-state index in [-0.39, 0.29) is 11.4 Å². The highest BCUT2D eigenvalue weighted by molar-refractivity contribution is 5.65. The van der Waals surface area contributed by atoms with E-state index in [1.807, 2.05) is 0 Å². The van der Waals surface area contributed by atoms with Crippen molar-refractivity contribution in [2.75, 3.05) is 32.0 Å². The van der Waals surface area contributed by atoms with E-state index in [0.29, 0.717) is 18.2 Å². The van der Waals surface area contributed by atoms with Crippen molar-refractivity contribution in [1.29, 1.82) is 0 Å². The lowest BCUT2D eigenvalue weighted by Gasteiger charge is -2.29. The van der Waals surface area contributed by atoms with E-state index in [9.17, 15) is 20.2 Å². The predicted molar refractivity (Wildman–Crippen MR) is 78.5 cm³/mol. The molecule has 8 heteroatoms. The Labute approximate surface area is 122 Å². The molecule has 0 amide bonds. The molecule has 0 unspecified atom stereocenters. The van der Waals surface area contributed by atoms with Gasteiger partial charge in [-0.05, 0) is 45.0 Å². The van der Waals surface area contributed by atoms with Gasteiger partial charge in [-0.25, -0.2) is 0 Å². The van der Waals surface area contributed by atoms with Crippen molar-refractivity contribution < 1.29 is 9.85 Å². The minimum absolute atomic E-state index is 0.253. The second-order valence-corrected chi connectivity index (χ2v) is 5.34. The Morgan fingerprint density at radius 2 is 1.90 bits per heavy atom. The number of anilines is 1. The average Bonchev–Trinajstić information content (AvgIpc) is 2.46. The van der Waals surface area contributed by atoms with Crippen LogP contribution in [0.4, 0.5) is 17.1 Å². The molecule has 0 atom stereocenters. The van der Waals surface area contributed by atoms with Crippen LogP contribution in [0.5, 0.6) is 0 Å². The molecule has 1 fully saturated rings. The van der Waals surface area contributed by atoms with Crippen LogP contribution in [0.3, 0.4) is 0 Å². The summed E-state index contributed by atoms with van der Waals surface area (Å²) in [6, 6.07) is 3.69. The Bertz CT molecular complexity index is 541. The van der Waals surface area contributed by atoms with E-state index in [2.05, 4.69) is 17.3 Å². The van der Waals surface area contributed by atoms with Gasteiger partial charge in [-0.15, -0.1) is 0 Å². The van der Waals surface area contributed by atoms with E-state index in [1.54, 1.807) is 0 Å². The van der Waals surface area contributed by atoms with Gasteiger partial charge in [0.2, 0.25) is 0 Å². The molecule has 0 aromatic heterocycles. The molecule has 0 spiro atoms. The summed E-state index contributed by atoms with van der Waals surface area (Å²) < 4.78 is 0. The Morgan fingerprint density at radius 3 is 2.48 bits per heavy atom. The Morgan fingerprint density at radius 1 is 1.24 bits per heavy atom. The van der Waals surface area contributed by atoms with E-state index in [1.165, 1.54) is 12.1 Å². The van der Waals surface area contributed by atoms with Crippen LogP contribution in [-0.4, -0.2) is 41.4 Å². The van der Waals surface area contributed by atoms with Gasteiger partial charge >= 0.3 is 0 Å². The molecule has 0 saturated carbocycles. The van der Waals surface area contributed by atoms with Crippen molar-refractivity contribution in [2.24, 2.45) is 5.92 Å². The molecule has 8 nitrogen and oxygen atoms in total. The highest BCUT2D eigenvalue weighted by atomic mass is 16.6. The quantitative estimate of drug-likeness (QED) is 0.660. The van der Waals surface area contributed by atoms with Gasteiger partial charge in [0.1, 0.15) is 5.69 Å².